The van der Waals surface area contributed by atoms with Crippen molar-refractivity contribution in [3.63, 3.8) is 0 Å². The first-order valence-electron chi connectivity index (χ1n) is 7.78. The zero-order valence-corrected chi connectivity index (χ0v) is 14.6. The van der Waals surface area contributed by atoms with E-state index in [1.165, 1.54) is 0 Å². The summed E-state index contributed by atoms with van der Waals surface area (Å²) < 4.78 is 21.2. The minimum Gasteiger partial charge on any atom is -0.496 e. The average Bonchev–Trinajstić information content (AvgIpc) is 2.58. The highest BCUT2D eigenvalue weighted by Crippen LogP contribution is 2.36. The maximum absolute atomic E-state index is 12.2. The van der Waals surface area contributed by atoms with Gasteiger partial charge in [-0.1, -0.05) is 13.3 Å². The number of unbranched alkanes of at least 4 members (excludes halogenated alkanes) is 1. The fourth-order valence-corrected chi connectivity index (χ4v) is 2.17. The molecule has 1 rings (SSSR count). The van der Waals surface area contributed by atoms with Crippen LogP contribution in [-0.4, -0.2) is 33.9 Å². The van der Waals surface area contributed by atoms with Crippen LogP contribution in [0.4, 0.5) is 0 Å². The molecule has 0 saturated carbocycles. The van der Waals surface area contributed by atoms with Gasteiger partial charge in [0.1, 0.15) is 17.2 Å². The second-order valence-corrected chi connectivity index (χ2v) is 4.94. The van der Waals surface area contributed by atoms with Crippen molar-refractivity contribution in [3.8, 4) is 17.2 Å². The van der Waals surface area contributed by atoms with Gasteiger partial charge in [-0.25, -0.2) is 4.79 Å². The van der Waals surface area contributed by atoms with E-state index in [-0.39, 0.29) is 5.97 Å². The molecule has 0 aliphatic heterocycles. The van der Waals surface area contributed by atoms with E-state index in [1.807, 2.05) is 0 Å². The highest BCUT2D eigenvalue weighted by atomic mass is 16.5. The molecule has 5 heteroatoms. The summed E-state index contributed by atoms with van der Waals surface area (Å²) in [6.07, 6.45) is 4.33. The molecule has 0 unspecified atom stereocenters. The van der Waals surface area contributed by atoms with E-state index in [2.05, 4.69) is 6.92 Å². The van der Waals surface area contributed by atoms with Crippen molar-refractivity contribution in [2.45, 2.75) is 33.1 Å². The van der Waals surface area contributed by atoms with Crippen LogP contribution in [0.1, 0.15) is 38.7 Å². The lowest BCUT2D eigenvalue weighted by Gasteiger charge is -2.14. The number of carbonyl (C=O) groups is 1. The molecule has 0 atom stereocenters. The Kier molecular flexibility index (Phi) is 8.02. The normalized spacial score (nSPS) is 11.1. The largest absolute Gasteiger partial charge is 0.496 e. The molecular weight excluding hydrogens is 296 g/mol. The maximum atomic E-state index is 12.2. The van der Waals surface area contributed by atoms with E-state index in [0.29, 0.717) is 41.4 Å². The van der Waals surface area contributed by atoms with Crippen LogP contribution in [0.5, 0.6) is 17.2 Å². The number of esters is 1. The van der Waals surface area contributed by atoms with Gasteiger partial charge in [-0.2, -0.15) is 0 Å². The van der Waals surface area contributed by atoms with Crippen LogP contribution in [0, 0.1) is 0 Å². The molecule has 5 nitrogen and oxygen atoms in total. The third-order valence-corrected chi connectivity index (χ3v) is 3.41. The number of hydrogen-bond acceptors (Lipinski definition) is 5. The van der Waals surface area contributed by atoms with Gasteiger partial charge >= 0.3 is 5.97 Å². The van der Waals surface area contributed by atoms with E-state index >= 15 is 0 Å². The lowest BCUT2D eigenvalue weighted by Crippen LogP contribution is -2.08. The van der Waals surface area contributed by atoms with Crippen LogP contribution in [0.15, 0.2) is 17.7 Å². The predicted molar refractivity (Wildman–Crippen MR) is 90.2 cm³/mol. The Labute approximate surface area is 138 Å². The lowest BCUT2D eigenvalue weighted by atomic mass is 10.0. The fraction of sp³-hybridized carbons (Fsp3) is 0.500. The third kappa shape index (κ3) is 5.20. The molecular formula is C18H26O5. The minimum absolute atomic E-state index is 0.305. The average molecular weight is 322 g/mol. The topological polar surface area (TPSA) is 54.0 Å². The summed E-state index contributed by atoms with van der Waals surface area (Å²) in [5.74, 6) is 1.49. The van der Waals surface area contributed by atoms with Gasteiger partial charge in [-0.05, 0) is 25.8 Å². The van der Waals surface area contributed by atoms with Crippen molar-refractivity contribution in [1.82, 2.24) is 0 Å². The molecule has 0 aromatic heterocycles. The Morgan fingerprint density at radius 3 is 2.09 bits per heavy atom. The first kappa shape index (κ1) is 18.9. The summed E-state index contributed by atoms with van der Waals surface area (Å²) >= 11 is 0. The molecule has 23 heavy (non-hydrogen) atoms. The van der Waals surface area contributed by atoms with Crippen molar-refractivity contribution in [1.29, 1.82) is 0 Å². The summed E-state index contributed by atoms with van der Waals surface area (Å²) in [7, 11) is 4.72. The fourth-order valence-electron chi connectivity index (χ4n) is 2.17. The highest BCUT2D eigenvalue weighted by Gasteiger charge is 2.16. The van der Waals surface area contributed by atoms with E-state index in [9.17, 15) is 4.79 Å². The Bertz CT molecular complexity index is 523. The standard InChI is InChI=1S/C18H26O5/c1-6-8-9-13(18(19)23-7-2)10-15-16(21-4)11-14(20-3)12-17(15)22-5/h10-12H,6-9H2,1-5H3. The van der Waals surface area contributed by atoms with Gasteiger partial charge in [-0.15, -0.1) is 0 Å². The summed E-state index contributed by atoms with van der Waals surface area (Å²) in [5, 5.41) is 0. The molecule has 0 amide bonds. The molecule has 0 bridgehead atoms. The number of benzene rings is 1. The summed E-state index contributed by atoms with van der Waals surface area (Å²) in [4.78, 5) is 12.2. The molecule has 0 saturated heterocycles. The van der Waals surface area contributed by atoms with E-state index < -0.39 is 0 Å². The molecule has 1 aromatic carbocycles. The van der Waals surface area contributed by atoms with Crippen molar-refractivity contribution in [3.05, 3.63) is 23.3 Å². The van der Waals surface area contributed by atoms with E-state index in [4.69, 9.17) is 18.9 Å². The molecule has 0 radical (unpaired) electrons. The molecule has 0 heterocycles. The van der Waals surface area contributed by atoms with Crippen LogP contribution in [0.3, 0.4) is 0 Å². The number of methoxy groups -OCH3 is 3. The minimum atomic E-state index is -0.305. The van der Waals surface area contributed by atoms with Crippen molar-refractivity contribution in [2.75, 3.05) is 27.9 Å². The van der Waals surface area contributed by atoms with Gasteiger partial charge in [0, 0.05) is 17.7 Å². The molecule has 0 aliphatic carbocycles. The van der Waals surface area contributed by atoms with Crippen molar-refractivity contribution >= 4 is 12.0 Å². The molecule has 0 spiro atoms. The Hall–Kier alpha value is -2.17. The Balaban J connectivity index is 3.34. The third-order valence-electron chi connectivity index (χ3n) is 3.41. The smallest absolute Gasteiger partial charge is 0.334 e. The van der Waals surface area contributed by atoms with Crippen LogP contribution >= 0.6 is 0 Å². The van der Waals surface area contributed by atoms with Gasteiger partial charge in [0.05, 0.1) is 33.5 Å². The lowest BCUT2D eigenvalue weighted by molar-refractivity contribution is -0.138. The summed E-state index contributed by atoms with van der Waals surface area (Å²) in [6, 6.07) is 3.52. The second-order valence-electron chi connectivity index (χ2n) is 4.94. The first-order chi connectivity index (χ1) is 11.1. The van der Waals surface area contributed by atoms with Crippen LogP contribution in [0.25, 0.3) is 6.08 Å². The summed E-state index contributed by atoms with van der Waals surface area (Å²) in [6.45, 7) is 4.22. The number of rotatable bonds is 9. The van der Waals surface area contributed by atoms with Gasteiger partial charge < -0.3 is 18.9 Å². The summed E-state index contributed by atoms with van der Waals surface area (Å²) in [5.41, 5.74) is 1.31. The van der Waals surface area contributed by atoms with E-state index in [1.54, 1.807) is 46.5 Å². The quantitative estimate of drug-likeness (QED) is 0.510. The van der Waals surface area contributed by atoms with Gasteiger partial charge in [0.2, 0.25) is 0 Å². The first-order valence-corrected chi connectivity index (χ1v) is 7.78. The van der Waals surface area contributed by atoms with Gasteiger partial charge in [0.25, 0.3) is 0 Å². The Morgan fingerprint density at radius 2 is 1.65 bits per heavy atom. The van der Waals surface area contributed by atoms with E-state index in [0.717, 1.165) is 12.8 Å². The SMILES string of the molecule is CCCCC(=Cc1c(OC)cc(OC)cc1OC)C(=O)OCC. The highest BCUT2D eigenvalue weighted by molar-refractivity contribution is 5.94. The maximum Gasteiger partial charge on any atom is 0.334 e. The van der Waals surface area contributed by atoms with Crippen molar-refractivity contribution < 1.29 is 23.7 Å². The van der Waals surface area contributed by atoms with Gasteiger partial charge in [-0.3, -0.25) is 0 Å². The number of carbonyl (C=O) groups excluding carboxylic acids is 1. The monoisotopic (exact) mass is 322 g/mol. The zero-order chi connectivity index (χ0) is 17.2. The molecule has 0 fully saturated rings. The van der Waals surface area contributed by atoms with Crippen LogP contribution < -0.4 is 14.2 Å². The van der Waals surface area contributed by atoms with Crippen LogP contribution in [0.2, 0.25) is 0 Å². The number of hydrogen-bond donors (Lipinski definition) is 0. The second kappa shape index (κ2) is 9.77. The number of ether oxygens (including phenoxy) is 4. The molecule has 0 N–H and O–H groups in total. The van der Waals surface area contributed by atoms with Crippen LogP contribution in [-0.2, 0) is 9.53 Å². The molecule has 1 aromatic rings. The zero-order valence-electron chi connectivity index (χ0n) is 14.6. The van der Waals surface area contributed by atoms with Crippen molar-refractivity contribution in [2.24, 2.45) is 0 Å². The predicted octanol–water partition coefficient (Wildman–Crippen LogP) is 3.85. The Morgan fingerprint density at radius 1 is 1.04 bits per heavy atom. The van der Waals surface area contributed by atoms with Gasteiger partial charge in [0.15, 0.2) is 0 Å². The molecule has 0 aliphatic rings. The molecule has 128 valence electrons.